The van der Waals surface area contributed by atoms with Gasteiger partial charge < -0.3 is 20.5 Å². The molecule has 2 N–H and O–H groups in total. The minimum Gasteiger partial charge on any atom is -0.481 e. The fourth-order valence-corrected chi connectivity index (χ4v) is 0.997. The third-order valence-electron chi connectivity index (χ3n) is 2.25. The molecule has 0 saturated heterocycles. The summed E-state index contributed by atoms with van der Waals surface area (Å²) in [5.41, 5.74) is -0.369. The van der Waals surface area contributed by atoms with Gasteiger partial charge in [0, 0.05) is 12.6 Å². The van der Waals surface area contributed by atoms with Gasteiger partial charge in [-0.15, -0.1) is 0 Å². The molecule has 0 fully saturated rings. The van der Waals surface area contributed by atoms with Gasteiger partial charge in [-0.2, -0.15) is 0 Å². The highest BCUT2D eigenvalue weighted by atomic mass is 16.6. The molecule has 0 saturated carbocycles. The van der Waals surface area contributed by atoms with Gasteiger partial charge in [-0.25, -0.2) is 0 Å². The summed E-state index contributed by atoms with van der Waals surface area (Å²) < 4.78 is 0. The maximum atomic E-state index is 10.8. The minimum absolute atomic E-state index is 0.210. The van der Waals surface area contributed by atoms with Crippen molar-refractivity contribution in [1.29, 1.82) is 0 Å². The molecule has 0 aliphatic rings. The maximum absolute atomic E-state index is 10.8. The number of nitro groups is 1. The molecule has 0 bridgehead atoms. The third-order valence-corrected chi connectivity index (χ3v) is 2.25. The molecule has 1 rings (SSSR count). The number of carbonyl (C=O) groups is 1. The van der Waals surface area contributed by atoms with E-state index in [0.717, 1.165) is 0 Å². The zero-order valence-electron chi connectivity index (χ0n) is 9.51. The summed E-state index contributed by atoms with van der Waals surface area (Å²) in [4.78, 5) is 24.2. The van der Waals surface area contributed by atoms with Gasteiger partial charge in [-0.05, 0) is 29.8 Å². The fourth-order valence-electron chi connectivity index (χ4n) is 0.997. The zero-order chi connectivity index (χ0) is 13.1. The highest BCUT2D eigenvalue weighted by Gasteiger charge is 2.26. The van der Waals surface area contributed by atoms with Crippen molar-refractivity contribution in [1.82, 2.24) is 4.98 Å². The number of carboxylic acid groups (broad SMARTS) is 1. The van der Waals surface area contributed by atoms with Gasteiger partial charge in [0.15, 0.2) is 6.20 Å². The highest BCUT2D eigenvalue weighted by Crippen LogP contribution is 2.17. The highest BCUT2D eigenvalue weighted by molar-refractivity contribution is 5.74. The van der Waals surface area contributed by atoms with Crippen LogP contribution in [0.25, 0.3) is 0 Å². The van der Waals surface area contributed by atoms with Crippen LogP contribution in [0, 0.1) is 15.5 Å². The van der Waals surface area contributed by atoms with Crippen molar-refractivity contribution in [3.63, 3.8) is 0 Å². The van der Waals surface area contributed by atoms with Crippen molar-refractivity contribution in [2.75, 3.05) is 11.9 Å². The van der Waals surface area contributed by atoms with Crippen LogP contribution in [0.2, 0.25) is 0 Å². The van der Waals surface area contributed by atoms with E-state index in [-0.39, 0.29) is 12.4 Å². The normalized spacial score (nSPS) is 10.9. The number of hydrogen-bond acceptors (Lipinski definition) is 5. The average Bonchev–Trinajstić information content (AvgIpc) is 2.27. The lowest BCUT2D eigenvalue weighted by Gasteiger charge is -2.19. The molecule has 0 aromatic carbocycles. The summed E-state index contributed by atoms with van der Waals surface area (Å²) >= 11 is 0. The molecule has 17 heavy (non-hydrogen) atoms. The molecular formula is C10H13N3O4. The van der Waals surface area contributed by atoms with Crippen LogP contribution >= 0.6 is 0 Å². The van der Waals surface area contributed by atoms with Crippen molar-refractivity contribution in [3.05, 3.63) is 28.4 Å². The number of nitrogens with zero attached hydrogens (tertiary/aromatic N) is 2. The van der Waals surface area contributed by atoms with Crippen LogP contribution in [0.15, 0.2) is 18.3 Å². The summed E-state index contributed by atoms with van der Waals surface area (Å²) in [6.07, 6.45) is 1.30. The van der Waals surface area contributed by atoms with Gasteiger partial charge >= 0.3 is 11.8 Å². The van der Waals surface area contributed by atoms with E-state index in [9.17, 15) is 14.9 Å². The summed E-state index contributed by atoms with van der Waals surface area (Å²) in [7, 11) is 0. The number of anilines is 1. The van der Waals surface area contributed by atoms with Crippen molar-refractivity contribution >= 4 is 17.5 Å². The zero-order valence-corrected chi connectivity index (χ0v) is 9.51. The van der Waals surface area contributed by atoms with E-state index in [4.69, 9.17) is 5.11 Å². The second-order valence-electron chi connectivity index (χ2n) is 4.20. The van der Waals surface area contributed by atoms with E-state index < -0.39 is 16.3 Å². The Morgan fingerprint density at radius 1 is 1.59 bits per heavy atom. The van der Waals surface area contributed by atoms with E-state index >= 15 is 0 Å². The Kier molecular flexibility index (Phi) is 3.62. The van der Waals surface area contributed by atoms with E-state index in [1.165, 1.54) is 18.3 Å². The number of rotatable bonds is 5. The van der Waals surface area contributed by atoms with Crippen LogP contribution in [-0.4, -0.2) is 27.5 Å². The molecule has 92 valence electrons. The Morgan fingerprint density at radius 3 is 2.65 bits per heavy atom. The van der Waals surface area contributed by atoms with Crippen LogP contribution in [0.4, 0.5) is 11.5 Å². The van der Waals surface area contributed by atoms with Gasteiger partial charge in [0.1, 0.15) is 0 Å². The number of carboxylic acids is 1. The lowest BCUT2D eigenvalue weighted by atomic mass is 9.94. The van der Waals surface area contributed by atoms with E-state index in [1.807, 2.05) is 0 Å². The number of aromatic nitrogens is 1. The van der Waals surface area contributed by atoms with Crippen LogP contribution in [-0.2, 0) is 4.79 Å². The SMILES string of the molecule is CC(C)(CNc1ccc([N+](=O)[O-])nc1)C(=O)O. The van der Waals surface area contributed by atoms with Gasteiger partial charge in [0.25, 0.3) is 0 Å². The number of nitrogens with one attached hydrogen (secondary N) is 1. The van der Waals surface area contributed by atoms with Gasteiger partial charge in [-0.1, -0.05) is 0 Å². The molecule has 1 aromatic rings. The summed E-state index contributed by atoms with van der Waals surface area (Å²) in [5.74, 6) is -1.16. The molecule has 0 atom stereocenters. The topological polar surface area (TPSA) is 105 Å². The second-order valence-corrected chi connectivity index (χ2v) is 4.20. The predicted octanol–water partition coefficient (Wildman–Crippen LogP) is 1.51. The molecule has 0 aliphatic heterocycles. The first kappa shape index (κ1) is 12.9. The van der Waals surface area contributed by atoms with Crippen molar-refractivity contribution in [2.45, 2.75) is 13.8 Å². The number of hydrogen-bond donors (Lipinski definition) is 2. The predicted molar refractivity (Wildman–Crippen MR) is 60.8 cm³/mol. The Hall–Kier alpha value is -2.18. The van der Waals surface area contributed by atoms with Gasteiger partial charge in [0.05, 0.1) is 11.1 Å². The minimum atomic E-state index is -0.917. The molecule has 0 radical (unpaired) electrons. The lowest BCUT2D eigenvalue weighted by Crippen LogP contribution is -2.31. The lowest BCUT2D eigenvalue weighted by molar-refractivity contribution is -0.389. The first-order valence-electron chi connectivity index (χ1n) is 4.90. The summed E-state index contributed by atoms with van der Waals surface area (Å²) in [6, 6.07) is 2.75. The van der Waals surface area contributed by atoms with Gasteiger partial charge in [0.2, 0.25) is 0 Å². The van der Waals surface area contributed by atoms with Crippen LogP contribution in [0.3, 0.4) is 0 Å². The summed E-state index contributed by atoms with van der Waals surface area (Å²) in [5, 5.41) is 22.1. The Morgan fingerprint density at radius 2 is 2.24 bits per heavy atom. The largest absolute Gasteiger partial charge is 0.481 e. The molecule has 1 aromatic heterocycles. The first-order chi connectivity index (χ1) is 7.83. The monoisotopic (exact) mass is 239 g/mol. The quantitative estimate of drug-likeness (QED) is 0.596. The molecule has 0 amide bonds. The van der Waals surface area contributed by atoms with E-state index in [0.29, 0.717) is 5.69 Å². The Balaban J connectivity index is 2.65. The molecule has 0 spiro atoms. The van der Waals surface area contributed by atoms with Gasteiger partial charge in [-0.3, -0.25) is 4.79 Å². The van der Waals surface area contributed by atoms with Crippen LogP contribution in [0.5, 0.6) is 0 Å². The molecule has 0 aliphatic carbocycles. The number of aliphatic carboxylic acids is 1. The average molecular weight is 239 g/mol. The maximum Gasteiger partial charge on any atom is 0.363 e. The first-order valence-corrected chi connectivity index (χ1v) is 4.90. The van der Waals surface area contributed by atoms with Crippen molar-refractivity contribution in [3.8, 4) is 0 Å². The Labute approximate surface area is 97.6 Å². The third kappa shape index (κ3) is 3.40. The molecule has 0 unspecified atom stereocenters. The van der Waals surface area contributed by atoms with Crippen LogP contribution < -0.4 is 5.32 Å². The number of pyridine rings is 1. The smallest absolute Gasteiger partial charge is 0.363 e. The fraction of sp³-hybridized carbons (Fsp3) is 0.400. The van der Waals surface area contributed by atoms with E-state index in [1.54, 1.807) is 13.8 Å². The van der Waals surface area contributed by atoms with Crippen molar-refractivity contribution in [2.24, 2.45) is 5.41 Å². The molecule has 7 heteroatoms. The molecule has 7 nitrogen and oxygen atoms in total. The van der Waals surface area contributed by atoms with E-state index in [2.05, 4.69) is 10.3 Å². The Bertz CT molecular complexity index is 428. The molecule has 1 heterocycles. The molecular weight excluding hydrogens is 226 g/mol. The van der Waals surface area contributed by atoms with Crippen LogP contribution in [0.1, 0.15) is 13.8 Å². The van der Waals surface area contributed by atoms with Crippen molar-refractivity contribution < 1.29 is 14.8 Å². The standard InChI is InChI=1S/C10H13N3O4/c1-10(2,9(14)15)6-12-7-3-4-8(11-5-7)13(16)17/h3-5,12H,6H2,1-2H3,(H,14,15). The second kappa shape index (κ2) is 4.77. The summed E-state index contributed by atoms with van der Waals surface area (Å²) in [6.45, 7) is 3.38.